The van der Waals surface area contributed by atoms with Gasteiger partial charge >= 0.3 is 12.0 Å². The van der Waals surface area contributed by atoms with Crippen molar-refractivity contribution in [3.8, 4) is 0 Å². The predicted molar refractivity (Wildman–Crippen MR) is 69.7 cm³/mol. The first kappa shape index (κ1) is 14.0. The second kappa shape index (κ2) is 6.64. The molecule has 18 heavy (non-hydrogen) atoms. The fourth-order valence-corrected chi connectivity index (χ4v) is 1.57. The monoisotopic (exact) mass is 250 g/mol. The van der Waals surface area contributed by atoms with Crippen LogP contribution < -0.4 is 10.6 Å². The summed E-state index contributed by atoms with van der Waals surface area (Å²) in [7, 11) is 0. The minimum Gasteiger partial charge on any atom is -0.481 e. The Balaban J connectivity index is 2.55. The van der Waals surface area contributed by atoms with Crippen LogP contribution in [0.1, 0.15) is 25.3 Å². The molecule has 0 aromatic heterocycles. The molecule has 1 aromatic rings. The van der Waals surface area contributed by atoms with E-state index in [9.17, 15) is 9.59 Å². The summed E-state index contributed by atoms with van der Waals surface area (Å²) in [5.41, 5.74) is 1.68. The van der Waals surface area contributed by atoms with Crippen molar-refractivity contribution in [1.29, 1.82) is 0 Å². The molecule has 0 bridgehead atoms. The fourth-order valence-electron chi connectivity index (χ4n) is 1.57. The number of benzene rings is 1. The summed E-state index contributed by atoms with van der Waals surface area (Å²) in [4.78, 5) is 22.3. The van der Waals surface area contributed by atoms with Gasteiger partial charge in [0, 0.05) is 11.7 Å². The van der Waals surface area contributed by atoms with Gasteiger partial charge in [-0.05, 0) is 25.0 Å². The Kier molecular flexibility index (Phi) is 5.17. The molecule has 0 aliphatic carbocycles. The van der Waals surface area contributed by atoms with Crippen molar-refractivity contribution in [1.82, 2.24) is 5.32 Å². The number of nitrogens with one attached hydrogen (secondary N) is 2. The van der Waals surface area contributed by atoms with E-state index in [0.717, 1.165) is 11.3 Å². The van der Waals surface area contributed by atoms with Gasteiger partial charge in [-0.25, -0.2) is 4.79 Å². The van der Waals surface area contributed by atoms with E-state index in [1.807, 2.05) is 32.0 Å². The molecule has 1 atom stereocenters. The number of anilines is 1. The van der Waals surface area contributed by atoms with Crippen molar-refractivity contribution in [2.75, 3.05) is 5.32 Å². The molecule has 5 nitrogen and oxygen atoms in total. The quantitative estimate of drug-likeness (QED) is 0.750. The number of aliphatic carboxylic acids is 1. The number of carboxylic acids is 1. The Morgan fingerprint density at radius 3 is 2.56 bits per heavy atom. The number of carboxylic acid groups (broad SMARTS) is 1. The highest BCUT2D eigenvalue weighted by molar-refractivity contribution is 5.90. The summed E-state index contributed by atoms with van der Waals surface area (Å²) in [5.74, 6) is -0.918. The maximum atomic E-state index is 11.7. The summed E-state index contributed by atoms with van der Waals surface area (Å²) in [6, 6.07) is 6.68. The summed E-state index contributed by atoms with van der Waals surface area (Å²) >= 11 is 0. The highest BCUT2D eigenvalue weighted by Gasteiger charge is 2.14. The number of rotatable bonds is 5. The highest BCUT2D eigenvalue weighted by Crippen LogP contribution is 2.12. The standard InChI is InChI=1S/C13H18N2O3/c1-3-10(8-12(16)17)14-13(18)15-11-7-5-4-6-9(11)2/h4-7,10H,3,8H2,1-2H3,(H,16,17)(H2,14,15,18). The van der Waals surface area contributed by atoms with Crippen molar-refractivity contribution in [3.63, 3.8) is 0 Å². The van der Waals surface area contributed by atoms with Crippen molar-refractivity contribution in [2.45, 2.75) is 32.7 Å². The van der Waals surface area contributed by atoms with Gasteiger partial charge in [-0.2, -0.15) is 0 Å². The Morgan fingerprint density at radius 1 is 1.33 bits per heavy atom. The van der Waals surface area contributed by atoms with E-state index in [4.69, 9.17) is 5.11 Å². The molecule has 1 aromatic carbocycles. The number of urea groups is 1. The van der Waals surface area contributed by atoms with Crippen LogP contribution in [0.2, 0.25) is 0 Å². The van der Waals surface area contributed by atoms with Crippen LogP contribution in [0.4, 0.5) is 10.5 Å². The van der Waals surface area contributed by atoms with Crippen molar-refractivity contribution >= 4 is 17.7 Å². The largest absolute Gasteiger partial charge is 0.481 e. The van der Waals surface area contributed by atoms with Gasteiger partial charge in [0.25, 0.3) is 0 Å². The van der Waals surface area contributed by atoms with Crippen LogP contribution in [0, 0.1) is 6.92 Å². The Morgan fingerprint density at radius 2 is 2.00 bits per heavy atom. The van der Waals surface area contributed by atoms with Gasteiger partial charge in [0.2, 0.25) is 0 Å². The topological polar surface area (TPSA) is 78.4 Å². The molecule has 2 amide bonds. The van der Waals surface area contributed by atoms with Crippen LogP contribution in [0.3, 0.4) is 0 Å². The molecule has 0 saturated carbocycles. The maximum absolute atomic E-state index is 11.7. The van der Waals surface area contributed by atoms with Crippen LogP contribution in [0.15, 0.2) is 24.3 Å². The van der Waals surface area contributed by atoms with Gasteiger partial charge in [0.15, 0.2) is 0 Å². The molecule has 0 aliphatic heterocycles. The molecule has 0 fully saturated rings. The third kappa shape index (κ3) is 4.45. The first-order valence-corrected chi connectivity index (χ1v) is 5.88. The summed E-state index contributed by atoms with van der Waals surface area (Å²) in [6.07, 6.45) is 0.505. The van der Waals surface area contributed by atoms with E-state index in [-0.39, 0.29) is 18.5 Å². The number of aryl methyl sites for hydroxylation is 1. The predicted octanol–water partition coefficient (Wildman–Crippen LogP) is 2.37. The molecule has 1 unspecified atom stereocenters. The maximum Gasteiger partial charge on any atom is 0.319 e. The molecular weight excluding hydrogens is 232 g/mol. The number of para-hydroxylation sites is 1. The van der Waals surface area contributed by atoms with Crippen molar-refractivity contribution < 1.29 is 14.7 Å². The lowest BCUT2D eigenvalue weighted by Gasteiger charge is -2.16. The Labute approximate surface area is 106 Å². The number of carbonyl (C=O) groups excluding carboxylic acids is 1. The molecule has 98 valence electrons. The van der Waals surface area contributed by atoms with Crippen LogP contribution in [0.25, 0.3) is 0 Å². The second-order valence-electron chi connectivity index (χ2n) is 4.12. The second-order valence-corrected chi connectivity index (χ2v) is 4.12. The molecule has 5 heteroatoms. The highest BCUT2D eigenvalue weighted by atomic mass is 16.4. The molecule has 1 rings (SSSR count). The summed E-state index contributed by atoms with van der Waals surface area (Å²) in [5, 5.41) is 14.0. The van der Waals surface area contributed by atoms with E-state index in [0.29, 0.717) is 6.42 Å². The molecule has 0 heterocycles. The molecule has 0 spiro atoms. The molecule has 0 aliphatic rings. The van der Waals surface area contributed by atoms with Gasteiger partial charge in [0.1, 0.15) is 0 Å². The van der Waals surface area contributed by atoms with Crippen molar-refractivity contribution in [3.05, 3.63) is 29.8 Å². The van der Waals surface area contributed by atoms with E-state index < -0.39 is 5.97 Å². The zero-order valence-electron chi connectivity index (χ0n) is 10.6. The van der Waals surface area contributed by atoms with Gasteiger partial charge in [0.05, 0.1) is 6.42 Å². The minimum absolute atomic E-state index is 0.0717. The molecular formula is C13H18N2O3. The SMILES string of the molecule is CCC(CC(=O)O)NC(=O)Nc1ccccc1C. The van der Waals surface area contributed by atoms with Gasteiger partial charge in [-0.3, -0.25) is 4.79 Å². The molecule has 0 radical (unpaired) electrons. The average Bonchev–Trinajstić information content (AvgIpc) is 2.30. The number of carbonyl (C=O) groups is 2. The third-order valence-electron chi connectivity index (χ3n) is 2.64. The Hall–Kier alpha value is -2.04. The minimum atomic E-state index is -0.918. The number of amides is 2. The average molecular weight is 250 g/mol. The van der Waals surface area contributed by atoms with Crippen molar-refractivity contribution in [2.24, 2.45) is 0 Å². The van der Waals surface area contributed by atoms with Crippen LogP contribution >= 0.6 is 0 Å². The van der Waals surface area contributed by atoms with E-state index in [1.54, 1.807) is 6.07 Å². The third-order valence-corrected chi connectivity index (χ3v) is 2.64. The van der Waals surface area contributed by atoms with Gasteiger partial charge in [-0.15, -0.1) is 0 Å². The van der Waals surface area contributed by atoms with Crippen LogP contribution in [-0.4, -0.2) is 23.1 Å². The fraction of sp³-hybridized carbons (Fsp3) is 0.385. The lowest BCUT2D eigenvalue weighted by atomic mass is 10.1. The molecule has 0 saturated heterocycles. The smallest absolute Gasteiger partial charge is 0.319 e. The normalized spacial score (nSPS) is 11.7. The van der Waals surface area contributed by atoms with E-state index >= 15 is 0 Å². The lowest BCUT2D eigenvalue weighted by Crippen LogP contribution is -2.39. The van der Waals surface area contributed by atoms with Gasteiger partial charge in [-0.1, -0.05) is 25.1 Å². The summed E-state index contributed by atoms with van der Waals surface area (Å²) in [6.45, 7) is 3.73. The van der Waals surface area contributed by atoms with E-state index in [2.05, 4.69) is 10.6 Å². The first-order valence-electron chi connectivity index (χ1n) is 5.88. The Bertz CT molecular complexity index is 432. The number of hydrogen-bond acceptors (Lipinski definition) is 2. The molecule has 3 N–H and O–H groups in total. The van der Waals surface area contributed by atoms with E-state index in [1.165, 1.54) is 0 Å². The zero-order chi connectivity index (χ0) is 13.5. The summed E-state index contributed by atoms with van der Waals surface area (Å²) < 4.78 is 0. The number of hydrogen-bond donors (Lipinski definition) is 3. The zero-order valence-corrected chi connectivity index (χ0v) is 10.6. The lowest BCUT2D eigenvalue weighted by molar-refractivity contribution is -0.137. The van der Waals surface area contributed by atoms with Crippen LogP contribution in [0.5, 0.6) is 0 Å². The van der Waals surface area contributed by atoms with Crippen LogP contribution in [-0.2, 0) is 4.79 Å². The van der Waals surface area contributed by atoms with Gasteiger partial charge < -0.3 is 15.7 Å². The first-order chi connectivity index (χ1) is 8.52.